The van der Waals surface area contributed by atoms with E-state index in [1.807, 2.05) is 25.1 Å². The number of aryl methyl sites for hydroxylation is 1. The highest BCUT2D eigenvalue weighted by atomic mass is 79.9. The summed E-state index contributed by atoms with van der Waals surface area (Å²) in [5, 5.41) is 3.40. The van der Waals surface area contributed by atoms with Gasteiger partial charge in [-0.15, -0.1) is 0 Å². The highest BCUT2D eigenvalue weighted by molar-refractivity contribution is 9.10. The Bertz CT molecular complexity index is 616. The summed E-state index contributed by atoms with van der Waals surface area (Å²) >= 11 is 3.47. The number of ether oxygens (including phenoxy) is 1. The fraction of sp³-hybridized carbons (Fsp3) is 0.294. The van der Waals surface area contributed by atoms with Crippen molar-refractivity contribution in [1.29, 1.82) is 0 Å². The van der Waals surface area contributed by atoms with Crippen molar-refractivity contribution in [3.8, 4) is 5.75 Å². The number of hydrogen-bond donors (Lipinski definition) is 1. The zero-order valence-electron chi connectivity index (χ0n) is 12.2. The zero-order chi connectivity index (χ0) is 15.2. The number of hydrogen-bond acceptors (Lipinski definition) is 2. The van der Waals surface area contributed by atoms with Gasteiger partial charge >= 0.3 is 0 Å². The number of rotatable bonds is 6. The second-order valence-corrected chi connectivity index (χ2v) is 5.87. The Kier molecular flexibility index (Phi) is 5.76. The summed E-state index contributed by atoms with van der Waals surface area (Å²) in [4.78, 5) is 0. The van der Waals surface area contributed by atoms with E-state index in [2.05, 4.69) is 27.3 Å². The van der Waals surface area contributed by atoms with E-state index in [1.54, 1.807) is 13.2 Å². The molecule has 21 heavy (non-hydrogen) atoms. The first-order valence-electron chi connectivity index (χ1n) is 6.88. The van der Waals surface area contributed by atoms with Crippen LogP contribution < -0.4 is 10.1 Å². The van der Waals surface area contributed by atoms with Gasteiger partial charge in [-0.2, -0.15) is 0 Å². The summed E-state index contributed by atoms with van der Waals surface area (Å²) in [6.07, 6.45) is 0.877. The first-order valence-corrected chi connectivity index (χ1v) is 7.67. The van der Waals surface area contributed by atoms with Gasteiger partial charge in [-0.1, -0.05) is 22.0 Å². The molecule has 0 spiro atoms. The van der Waals surface area contributed by atoms with Crippen molar-refractivity contribution in [2.75, 3.05) is 13.7 Å². The Labute approximate surface area is 133 Å². The SMILES string of the molecule is COc1ccc(Br)cc1CNCCc1ccc(F)cc1C. The third-order valence-electron chi connectivity index (χ3n) is 3.43. The van der Waals surface area contributed by atoms with Gasteiger partial charge in [0, 0.05) is 16.6 Å². The van der Waals surface area contributed by atoms with Crippen LogP contribution in [0.1, 0.15) is 16.7 Å². The molecule has 0 atom stereocenters. The minimum atomic E-state index is -0.178. The molecular weight excluding hydrogens is 333 g/mol. The van der Waals surface area contributed by atoms with E-state index in [4.69, 9.17) is 4.74 Å². The molecule has 4 heteroatoms. The Morgan fingerprint density at radius 2 is 1.95 bits per heavy atom. The summed E-state index contributed by atoms with van der Waals surface area (Å²) < 4.78 is 19.4. The van der Waals surface area contributed by atoms with Crippen molar-refractivity contribution >= 4 is 15.9 Å². The van der Waals surface area contributed by atoms with Gasteiger partial charge in [0.2, 0.25) is 0 Å². The molecule has 2 aromatic rings. The lowest BCUT2D eigenvalue weighted by Crippen LogP contribution is -2.17. The summed E-state index contributed by atoms with van der Waals surface area (Å²) in [5.41, 5.74) is 3.28. The molecule has 0 bridgehead atoms. The molecule has 2 nitrogen and oxygen atoms in total. The van der Waals surface area contributed by atoms with Gasteiger partial charge in [0.15, 0.2) is 0 Å². The molecular formula is C17H19BrFNO. The van der Waals surface area contributed by atoms with Gasteiger partial charge in [-0.3, -0.25) is 0 Å². The first-order chi connectivity index (χ1) is 10.1. The normalized spacial score (nSPS) is 10.7. The minimum Gasteiger partial charge on any atom is -0.496 e. The molecule has 1 N–H and O–H groups in total. The molecule has 112 valence electrons. The minimum absolute atomic E-state index is 0.178. The van der Waals surface area contributed by atoms with Crippen molar-refractivity contribution in [2.24, 2.45) is 0 Å². The van der Waals surface area contributed by atoms with Crippen molar-refractivity contribution in [1.82, 2.24) is 5.32 Å². The van der Waals surface area contributed by atoms with E-state index < -0.39 is 0 Å². The van der Waals surface area contributed by atoms with Crippen molar-refractivity contribution in [3.63, 3.8) is 0 Å². The molecule has 2 rings (SSSR count). The van der Waals surface area contributed by atoms with Crippen LogP contribution in [0.4, 0.5) is 4.39 Å². The smallest absolute Gasteiger partial charge is 0.123 e. The van der Waals surface area contributed by atoms with Gasteiger partial charge in [0.1, 0.15) is 11.6 Å². The Morgan fingerprint density at radius 3 is 2.67 bits per heavy atom. The summed E-state index contributed by atoms with van der Waals surface area (Å²) in [5.74, 6) is 0.701. The molecule has 0 unspecified atom stereocenters. The van der Waals surface area contributed by atoms with E-state index in [9.17, 15) is 4.39 Å². The van der Waals surface area contributed by atoms with E-state index in [0.29, 0.717) is 0 Å². The van der Waals surface area contributed by atoms with Crippen LogP contribution in [0.15, 0.2) is 40.9 Å². The molecule has 0 saturated carbocycles. The molecule has 0 fully saturated rings. The maximum atomic E-state index is 13.0. The van der Waals surface area contributed by atoms with Crippen LogP contribution in [-0.4, -0.2) is 13.7 Å². The summed E-state index contributed by atoms with van der Waals surface area (Å²) in [6.45, 7) is 3.51. The third kappa shape index (κ3) is 4.55. The van der Waals surface area contributed by atoms with Crippen molar-refractivity contribution < 1.29 is 9.13 Å². The molecule has 0 amide bonds. The lowest BCUT2D eigenvalue weighted by atomic mass is 10.1. The van der Waals surface area contributed by atoms with Gasteiger partial charge in [0.25, 0.3) is 0 Å². The van der Waals surface area contributed by atoms with Crippen LogP contribution in [0.5, 0.6) is 5.75 Å². The molecule has 0 aliphatic rings. The van der Waals surface area contributed by atoms with Gasteiger partial charge < -0.3 is 10.1 Å². The lowest BCUT2D eigenvalue weighted by molar-refractivity contribution is 0.407. The lowest BCUT2D eigenvalue weighted by Gasteiger charge is -2.11. The van der Waals surface area contributed by atoms with Crippen LogP contribution in [0.25, 0.3) is 0 Å². The number of benzene rings is 2. The average Bonchev–Trinajstić information content (AvgIpc) is 2.45. The first kappa shape index (κ1) is 16.0. The molecule has 0 aliphatic heterocycles. The van der Waals surface area contributed by atoms with Gasteiger partial charge in [0.05, 0.1) is 7.11 Å². The standard InChI is InChI=1S/C17H19BrFNO/c1-12-9-16(19)5-3-13(12)7-8-20-11-14-10-15(18)4-6-17(14)21-2/h3-6,9-10,20H,7-8,11H2,1-2H3. The van der Waals surface area contributed by atoms with E-state index in [-0.39, 0.29) is 5.82 Å². The van der Waals surface area contributed by atoms with Crippen LogP contribution in [0.2, 0.25) is 0 Å². The number of methoxy groups -OCH3 is 1. The second kappa shape index (κ2) is 7.57. The van der Waals surface area contributed by atoms with E-state index in [1.165, 1.54) is 11.6 Å². The molecule has 0 saturated heterocycles. The third-order valence-corrected chi connectivity index (χ3v) is 3.93. The largest absolute Gasteiger partial charge is 0.496 e. The van der Waals surface area contributed by atoms with Crippen LogP contribution in [-0.2, 0) is 13.0 Å². The van der Waals surface area contributed by atoms with Crippen LogP contribution in [0, 0.1) is 12.7 Å². The number of nitrogens with one attached hydrogen (secondary N) is 1. The highest BCUT2D eigenvalue weighted by Gasteiger charge is 2.04. The Hall–Kier alpha value is -1.39. The summed E-state index contributed by atoms with van der Waals surface area (Å²) in [7, 11) is 1.68. The maximum absolute atomic E-state index is 13.0. The van der Waals surface area contributed by atoms with Crippen molar-refractivity contribution in [3.05, 3.63) is 63.4 Å². The molecule has 0 radical (unpaired) electrons. The molecule has 0 heterocycles. The van der Waals surface area contributed by atoms with Crippen molar-refractivity contribution in [2.45, 2.75) is 19.9 Å². The van der Waals surface area contributed by atoms with E-state index in [0.717, 1.165) is 40.9 Å². The Morgan fingerprint density at radius 1 is 1.14 bits per heavy atom. The van der Waals surface area contributed by atoms with E-state index >= 15 is 0 Å². The predicted molar refractivity (Wildman–Crippen MR) is 87.2 cm³/mol. The molecule has 0 aromatic heterocycles. The fourth-order valence-corrected chi connectivity index (χ4v) is 2.68. The van der Waals surface area contributed by atoms with Gasteiger partial charge in [-0.05, 0) is 61.3 Å². The second-order valence-electron chi connectivity index (χ2n) is 4.95. The Balaban J connectivity index is 1.88. The van der Waals surface area contributed by atoms with Crippen LogP contribution >= 0.6 is 15.9 Å². The predicted octanol–water partition coefficient (Wildman–Crippen LogP) is 4.24. The maximum Gasteiger partial charge on any atom is 0.123 e. The monoisotopic (exact) mass is 351 g/mol. The average molecular weight is 352 g/mol. The van der Waals surface area contributed by atoms with Crippen LogP contribution in [0.3, 0.4) is 0 Å². The quantitative estimate of drug-likeness (QED) is 0.786. The summed E-state index contributed by atoms with van der Waals surface area (Å²) in [6, 6.07) is 10.9. The topological polar surface area (TPSA) is 21.3 Å². The number of halogens is 2. The molecule has 2 aromatic carbocycles. The highest BCUT2D eigenvalue weighted by Crippen LogP contribution is 2.22. The molecule has 0 aliphatic carbocycles. The fourth-order valence-electron chi connectivity index (χ4n) is 2.27. The van der Waals surface area contributed by atoms with Gasteiger partial charge in [-0.25, -0.2) is 4.39 Å². The zero-order valence-corrected chi connectivity index (χ0v) is 13.8.